The first kappa shape index (κ1) is 11.6. The Morgan fingerprint density at radius 1 is 1.50 bits per heavy atom. The maximum absolute atomic E-state index is 8.96. The fourth-order valence-electron chi connectivity index (χ4n) is 2.02. The third kappa shape index (κ3) is 2.61. The Hall–Kier alpha value is -0.900. The largest absolute Gasteiger partial charge is 0.395 e. The van der Waals surface area contributed by atoms with Gasteiger partial charge >= 0.3 is 0 Å². The van der Waals surface area contributed by atoms with E-state index in [9.17, 15) is 0 Å². The van der Waals surface area contributed by atoms with Crippen LogP contribution in [0.3, 0.4) is 0 Å². The molecule has 0 bridgehead atoms. The Labute approximate surface area is 96.4 Å². The summed E-state index contributed by atoms with van der Waals surface area (Å²) in [5, 5.41) is 12.2. The standard InChI is InChI=1S/C13H19NO2/c1-10(9-15)14-8-13-12-5-3-2-4-11(12)6-7-16-13/h2-5,10,13-15H,6-9H2,1H3. The van der Waals surface area contributed by atoms with Crippen LogP contribution in [-0.2, 0) is 11.2 Å². The minimum Gasteiger partial charge on any atom is -0.395 e. The van der Waals surface area contributed by atoms with E-state index >= 15 is 0 Å². The predicted octanol–water partition coefficient (Wildman–Crippen LogP) is 1.27. The van der Waals surface area contributed by atoms with Gasteiger partial charge in [-0.15, -0.1) is 0 Å². The smallest absolute Gasteiger partial charge is 0.0952 e. The van der Waals surface area contributed by atoms with E-state index in [-0.39, 0.29) is 18.8 Å². The maximum atomic E-state index is 8.96. The average molecular weight is 221 g/mol. The molecular weight excluding hydrogens is 202 g/mol. The molecule has 16 heavy (non-hydrogen) atoms. The molecule has 2 atom stereocenters. The van der Waals surface area contributed by atoms with Crippen LogP contribution < -0.4 is 5.32 Å². The third-order valence-electron chi connectivity index (χ3n) is 3.02. The van der Waals surface area contributed by atoms with Crippen LogP contribution in [-0.4, -0.2) is 30.9 Å². The van der Waals surface area contributed by atoms with Gasteiger partial charge in [0.15, 0.2) is 0 Å². The molecule has 2 N–H and O–H groups in total. The van der Waals surface area contributed by atoms with Gasteiger partial charge in [-0.2, -0.15) is 0 Å². The molecule has 0 saturated heterocycles. The molecule has 3 heteroatoms. The zero-order valence-electron chi connectivity index (χ0n) is 9.65. The van der Waals surface area contributed by atoms with Crippen molar-refractivity contribution in [1.82, 2.24) is 5.32 Å². The summed E-state index contributed by atoms with van der Waals surface area (Å²) in [7, 11) is 0. The molecular formula is C13H19NO2. The molecule has 3 nitrogen and oxygen atoms in total. The normalized spacial score (nSPS) is 21.5. The summed E-state index contributed by atoms with van der Waals surface area (Å²) in [6.45, 7) is 3.68. The van der Waals surface area contributed by atoms with Gasteiger partial charge in [0.1, 0.15) is 0 Å². The van der Waals surface area contributed by atoms with Crippen LogP contribution in [0.4, 0.5) is 0 Å². The van der Waals surface area contributed by atoms with E-state index < -0.39 is 0 Å². The first-order valence-electron chi connectivity index (χ1n) is 5.85. The van der Waals surface area contributed by atoms with Gasteiger partial charge in [0.25, 0.3) is 0 Å². The van der Waals surface area contributed by atoms with Crippen molar-refractivity contribution in [3.05, 3.63) is 35.4 Å². The van der Waals surface area contributed by atoms with E-state index in [1.807, 2.05) is 6.92 Å². The van der Waals surface area contributed by atoms with Crippen molar-refractivity contribution < 1.29 is 9.84 Å². The number of benzene rings is 1. The number of rotatable bonds is 4. The van der Waals surface area contributed by atoms with Gasteiger partial charge in [-0.3, -0.25) is 0 Å². The third-order valence-corrected chi connectivity index (χ3v) is 3.02. The van der Waals surface area contributed by atoms with Crippen LogP contribution in [0.5, 0.6) is 0 Å². The zero-order chi connectivity index (χ0) is 11.4. The van der Waals surface area contributed by atoms with Crippen LogP contribution >= 0.6 is 0 Å². The summed E-state index contributed by atoms with van der Waals surface area (Å²) in [5.41, 5.74) is 2.67. The highest BCUT2D eigenvalue weighted by molar-refractivity contribution is 5.31. The molecule has 0 radical (unpaired) electrons. The Balaban J connectivity index is 2.01. The second-order valence-corrected chi connectivity index (χ2v) is 4.30. The van der Waals surface area contributed by atoms with Gasteiger partial charge in [0.05, 0.1) is 19.3 Å². The fourth-order valence-corrected chi connectivity index (χ4v) is 2.02. The molecule has 2 unspecified atom stereocenters. The number of aliphatic hydroxyl groups is 1. The van der Waals surface area contributed by atoms with E-state index in [1.54, 1.807) is 0 Å². The van der Waals surface area contributed by atoms with Crippen LogP contribution in [0.1, 0.15) is 24.2 Å². The van der Waals surface area contributed by atoms with Gasteiger partial charge < -0.3 is 15.2 Å². The number of ether oxygens (including phenoxy) is 1. The van der Waals surface area contributed by atoms with E-state index in [2.05, 4.69) is 29.6 Å². The summed E-state index contributed by atoms with van der Waals surface area (Å²) in [6, 6.07) is 8.55. The van der Waals surface area contributed by atoms with Crippen molar-refractivity contribution in [3.63, 3.8) is 0 Å². The van der Waals surface area contributed by atoms with E-state index in [0.29, 0.717) is 0 Å². The summed E-state index contributed by atoms with van der Waals surface area (Å²) in [5.74, 6) is 0. The Morgan fingerprint density at radius 3 is 3.12 bits per heavy atom. The Kier molecular flexibility index (Phi) is 3.93. The summed E-state index contributed by atoms with van der Waals surface area (Å²) in [6.07, 6.45) is 1.13. The lowest BCUT2D eigenvalue weighted by atomic mass is 9.97. The summed E-state index contributed by atoms with van der Waals surface area (Å²) >= 11 is 0. The minimum atomic E-state index is 0.123. The molecule has 2 rings (SSSR count). The van der Waals surface area contributed by atoms with Crippen molar-refractivity contribution in [3.8, 4) is 0 Å². The molecule has 0 amide bonds. The minimum absolute atomic E-state index is 0.123. The predicted molar refractivity (Wildman–Crippen MR) is 63.4 cm³/mol. The quantitative estimate of drug-likeness (QED) is 0.804. The van der Waals surface area contributed by atoms with Crippen molar-refractivity contribution in [2.75, 3.05) is 19.8 Å². The Morgan fingerprint density at radius 2 is 2.31 bits per heavy atom. The lowest BCUT2D eigenvalue weighted by molar-refractivity contribution is 0.0396. The van der Waals surface area contributed by atoms with Gasteiger partial charge in [0.2, 0.25) is 0 Å². The highest BCUT2D eigenvalue weighted by atomic mass is 16.5. The second-order valence-electron chi connectivity index (χ2n) is 4.30. The molecule has 1 aromatic carbocycles. The van der Waals surface area contributed by atoms with Crippen molar-refractivity contribution >= 4 is 0 Å². The zero-order valence-corrected chi connectivity index (χ0v) is 9.65. The Bertz CT molecular complexity index is 340. The molecule has 0 fully saturated rings. The topological polar surface area (TPSA) is 41.5 Å². The monoisotopic (exact) mass is 221 g/mol. The number of fused-ring (bicyclic) bond motifs is 1. The number of nitrogens with one attached hydrogen (secondary N) is 1. The first-order chi connectivity index (χ1) is 7.81. The van der Waals surface area contributed by atoms with Gasteiger partial charge in [-0.1, -0.05) is 24.3 Å². The highest BCUT2D eigenvalue weighted by Gasteiger charge is 2.20. The van der Waals surface area contributed by atoms with Crippen molar-refractivity contribution in [2.45, 2.75) is 25.5 Å². The molecule has 88 valence electrons. The molecule has 0 spiro atoms. The first-order valence-corrected chi connectivity index (χ1v) is 5.85. The molecule has 0 saturated carbocycles. The second kappa shape index (κ2) is 5.43. The number of hydrogen-bond donors (Lipinski definition) is 2. The fraction of sp³-hybridized carbons (Fsp3) is 0.538. The van der Waals surface area contributed by atoms with Gasteiger partial charge in [-0.25, -0.2) is 0 Å². The summed E-state index contributed by atoms with van der Waals surface area (Å²) < 4.78 is 5.76. The molecule has 0 aromatic heterocycles. The maximum Gasteiger partial charge on any atom is 0.0952 e. The molecule has 0 aliphatic carbocycles. The van der Waals surface area contributed by atoms with Crippen LogP contribution in [0.2, 0.25) is 0 Å². The lowest BCUT2D eigenvalue weighted by Crippen LogP contribution is -2.35. The van der Waals surface area contributed by atoms with E-state index in [0.717, 1.165) is 19.6 Å². The number of aliphatic hydroxyl groups excluding tert-OH is 1. The lowest BCUT2D eigenvalue weighted by Gasteiger charge is -2.27. The average Bonchev–Trinajstić information content (AvgIpc) is 2.35. The summed E-state index contributed by atoms with van der Waals surface area (Å²) in [4.78, 5) is 0. The highest BCUT2D eigenvalue weighted by Crippen LogP contribution is 2.26. The van der Waals surface area contributed by atoms with Crippen LogP contribution in [0.25, 0.3) is 0 Å². The van der Waals surface area contributed by atoms with Gasteiger partial charge in [-0.05, 0) is 24.5 Å². The van der Waals surface area contributed by atoms with Gasteiger partial charge in [0, 0.05) is 12.6 Å². The molecule has 1 aliphatic heterocycles. The molecule has 1 aromatic rings. The van der Waals surface area contributed by atoms with Crippen molar-refractivity contribution in [2.24, 2.45) is 0 Å². The molecule has 1 aliphatic rings. The van der Waals surface area contributed by atoms with Crippen molar-refractivity contribution in [1.29, 1.82) is 0 Å². The van der Waals surface area contributed by atoms with Crippen LogP contribution in [0, 0.1) is 0 Å². The number of hydrogen-bond acceptors (Lipinski definition) is 3. The SMILES string of the molecule is CC(CO)NCC1OCCc2ccccc21. The van der Waals surface area contributed by atoms with E-state index in [1.165, 1.54) is 11.1 Å². The van der Waals surface area contributed by atoms with Crippen LogP contribution in [0.15, 0.2) is 24.3 Å². The van der Waals surface area contributed by atoms with E-state index in [4.69, 9.17) is 9.84 Å². The molecule has 1 heterocycles.